The monoisotopic (exact) mass is 296 g/mol. The zero-order valence-corrected chi connectivity index (χ0v) is 12.7. The standard InChI is InChI=1S/C15H16N6O/c1-10-12(8-11-6-4-5-7-16-11)13(17-9-21(2)3)14-15(18-10)20-22-19-14/h4-7,9H,8H2,1-3H3/b17-9+. The average molecular weight is 296 g/mol. The molecule has 0 radical (unpaired) electrons. The van der Waals surface area contributed by atoms with Crippen molar-refractivity contribution in [2.24, 2.45) is 4.99 Å². The molecule has 0 aromatic carbocycles. The smallest absolute Gasteiger partial charge is 0.226 e. The molecule has 0 atom stereocenters. The second kappa shape index (κ2) is 5.88. The second-order valence-electron chi connectivity index (χ2n) is 5.17. The van der Waals surface area contributed by atoms with Gasteiger partial charge in [0.05, 0.1) is 6.34 Å². The number of hydrogen-bond donors (Lipinski definition) is 0. The first kappa shape index (κ1) is 14.1. The molecule has 0 N–H and O–H groups in total. The van der Waals surface area contributed by atoms with Gasteiger partial charge in [0.1, 0.15) is 5.69 Å². The molecular weight excluding hydrogens is 280 g/mol. The van der Waals surface area contributed by atoms with Crippen molar-refractivity contribution in [1.82, 2.24) is 25.2 Å². The Labute approximate surface area is 127 Å². The Morgan fingerprint density at radius 2 is 2.14 bits per heavy atom. The Kier molecular flexibility index (Phi) is 3.78. The predicted octanol–water partition coefficient (Wildman–Crippen LogP) is 2.13. The zero-order chi connectivity index (χ0) is 15.5. The van der Waals surface area contributed by atoms with Crippen LogP contribution in [0.15, 0.2) is 34.0 Å². The van der Waals surface area contributed by atoms with Gasteiger partial charge in [0.2, 0.25) is 5.65 Å². The van der Waals surface area contributed by atoms with Crippen molar-refractivity contribution < 1.29 is 4.63 Å². The van der Waals surface area contributed by atoms with Gasteiger partial charge < -0.3 is 4.90 Å². The molecule has 3 aromatic rings. The van der Waals surface area contributed by atoms with Crippen LogP contribution in [0.3, 0.4) is 0 Å². The molecular formula is C15H16N6O. The third-order valence-electron chi connectivity index (χ3n) is 3.19. The lowest BCUT2D eigenvalue weighted by Crippen LogP contribution is -2.07. The quantitative estimate of drug-likeness (QED) is 0.542. The zero-order valence-electron chi connectivity index (χ0n) is 12.7. The lowest BCUT2D eigenvalue weighted by atomic mass is 10.1. The van der Waals surface area contributed by atoms with Crippen LogP contribution in [0.25, 0.3) is 11.2 Å². The maximum absolute atomic E-state index is 4.81. The third-order valence-corrected chi connectivity index (χ3v) is 3.19. The Morgan fingerprint density at radius 1 is 1.27 bits per heavy atom. The van der Waals surface area contributed by atoms with Crippen LogP contribution >= 0.6 is 0 Å². The van der Waals surface area contributed by atoms with E-state index >= 15 is 0 Å². The SMILES string of the molecule is Cc1nc2nonc2c(/N=C/N(C)C)c1Cc1ccccn1. The molecule has 22 heavy (non-hydrogen) atoms. The number of fused-ring (bicyclic) bond motifs is 1. The largest absolute Gasteiger partial charge is 0.369 e. The fourth-order valence-corrected chi connectivity index (χ4v) is 2.15. The van der Waals surface area contributed by atoms with Crippen LogP contribution < -0.4 is 0 Å². The van der Waals surface area contributed by atoms with E-state index in [9.17, 15) is 0 Å². The van der Waals surface area contributed by atoms with Gasteiger partial charge in [-0.2, -0.15) is 0 Å². The molecule has 7 nitrogen and oxygen atoms in total. The molecule has 3 heterocycles. The van der Waals surface area contributed by atoms with E-state index in [2.05, 4.69) is 25.3 Å². The van der Waals surface area contributed by atoms with E-state index in [-0.39, 0.29) is 0 Å². The number of rotatable bonds is 4. The number of aromatic nitrogens is 4. The maximum Gasteiger partial charge on any atom is 0.226 e. The minimum absolute atomic E-state index is 0.466. The van der Waals surface area contributed by atoms with Gasteiger partial charge in [0.15, 0.2) is 5.52 Å². The summed E-state index contributed by atoms with van der Waals surface area (Å²) in [4.78, 5) is 15.2. The number of aliphatic imine (C=N–C) groups is 1. The summed E-state index contributed by atoms with van der Waals surface area (Å²) in [5.74, 6) is 0. The highest BCUT2D eigenvalue weighted by molar-refractivity contribution is 5.87. The fraction of sp³-hybridized carbons (Fsp3) is 0.267. The van der Waals surface area contributed by atoms with Crippen molar-refractivity contribution in [3.63, 3.8) is 0 Å². The van der Waals surface area contributed by atoms with Crippen LogP contribution in [0.2, 0.25) is 0 Å². The maximum atomic E-state index is 4.81. The Balaban J connectivity index is 2.14. The second-order valence-corrected chi connectivity index (χ2v) is 5.17. The van der Waals surface area contributed by atoms with E-state index in [1.807, 2.05) is 44.1 Å². The lowest BCUT2D eigenvalue weighted by Gasteiger charge is -2.09. The Bertz CT molecular complexity index is 810. The number of hydrogen-bond acceptors (Lipinski definition) is 6. The fourth-order valence-electron chi connectivity index (χ4n) is 2.15. The molecule has 0 aliphatic heterocycles. The molecule has 3 aromatic heterocycles. The highest BCUT2D eigenvalue weighted by Crippen LogP contribution is 2.30. The summed E-state index contributed by atoms with van der Waals surface area (Å²) in [6.45, 7) is 1.93. The van der Waals surface area contributed by atoms with E-state index in [1.54, 1.807) is 12.5 Å². The minimum Gasteiger partial charge on any atom is -0.369 e. The summed E-state index contributed by atoms with van der Waals surface area (Å²) in [6, 6.07) is 5.83. The Hall–Kier alpha value is -2.83. The van der Waals surface area contributed by atoms with Crippen LogP contribution in [-0.4, -0.2) is 45.6 Å². The molecule has 0 bridgehead atoms. The molecule has 0 aliphatic rings. The van der Waals surface area contributed by atoms with E-state index in [0.717, 1.165) is 22.6 Å². The molecule has 0 saturated heterocycles. The van der Waals surface area contributed by atoms with Crippen LogP contribution in [0, 0.1) is 6.92 Å². The van der Waals surface area contributed by atoms with Crippen molar-refractivity contribution in [2.45, 2.75) is 13.3 Å². The molecule has 0 aliphatic carbocycles. The molecule has 7 heteroatoms. The number of nitrogens with zero attached hydrogens (tertiary/aromatic N) is 6. The van der Waals surface area contributed by atoms with Crippen LogP contribution in [0.4, 0.5) is 5.69 Å². The predicted molar refractivity (Wildman–Crippen MR) is 83.2 cm³/mol. The van der Waals surface area contributed by atoms with Gasteiger partial charge in [-0.25, -0.2) is 14.6 Å². The van der Waals surface area contributed by atoms with E-state index in [0.29, 0.717) is 17.6 Å². The molecule has 0 spiro atoms. The normalized spacial score (nSPS) is 11.4. The molecule has 0 fully saturated rings. The topological polar surface area (TPSA) is 80.3 Å². The van der Waals surface area contributed by atoms with Gasteiger partial charge in [-0.05, 0) is 29.4 Å². The van der Waals surface area contributed by atoms with Gasteiger partial charge in [0, 0.05) is 43.7 Å². The van der Waals surface area contributed by atoms with Crippen molar-refractivity contribution in [3.8, 4) is 0 Å². The first-order valence-corrected chi connectivity index (χ1v) is 6.87. The summed E-state index contributed by atoms with van der Waals surface area (Å²) in [5, 5.41) is 7.75. The van der Waals surface area contributed by atoms with E-state index < -0.39 is 0 Å². The van der Waals surface area contributed by atoms with Crippen LogP contribution in [0.1, 0.15) is 17.0 Å². The van der Waals surface area contributed by atoms with Gasteiger partial charge in [0.25, 0.3) is 0 Å². The summed E-state index contributed by atoms with van der Waals surface area (Å²) >= 11 is 0. The van der Waals surface area contributed by atoms with Crippen molar-refractivity contribution >= 4 is 23.2 Å². The van der Waals surface area contributed by atoms with Crippen LogP contribution in [0.5, 0.6) is 0 Å². The first-order chi connectivity index (χ1) is 10.6. The number of aryl methyl sites for hydroxylation is 1. The van der Waals surface area contributed by atoms with Gasteiger partial charge in [-0.1, -0.05) is 6.07 Å². The summed E-state index contributed by atoms with van der Waals surface area (Å²) in [5.41, 5.74) is 4.52. The average Bonchev–Trinajstić information content (AvgIpc) is 2.95. The molecule has 3 rings (SSSR count). The molecule has 0 unspecified atom stereocenters. The minimum atomic E-state index is 0.466. The molecule has 0 amide bonds. The van der Waals surface area contributed by atoms with Crippen molar-refractivity contribution in [1.29, 1.82) is 0 Å². The van der Waals surface area contributed by atoms with Gasteiger partial charge in [-0.3, -0.25) is 4.98 Å². The molecule has 112 valence electrons. The van der Waals surface area contributed by atoms with Gasteiger partial charge in [-0.15, -0.1) is 0 Å². The Morgan fingerprint density at radius 3 is 2.86 bits per heavy atom. The highest BCUT2D eigenvalue weighted by Gasteiger charge is 2.17. The van der Waals surface area contributed by atoms with Crippen molar-refractivity contribution in [2.75, 3.05) is 14.1 Å². The lowest BCUT2D eigenvalue weighted by molar-refractivity contribution is 0.315. The first-order valence-electron chi connectivity index (χ1n) is 6.87. The van der Waals surface area contributed by atoms with E-state index in [4.69, 9.17) is 4.63 Å². The molecule has 0 saturated carbocycles. The summed E-state index contributed by atoms with van der Waals surface area (Å²) in [6.07, 6.45) is 4.13. The van der Waals surface area contributed by atoms with Gasteiger partial charge >= 0.3 is 0 Å². The van der Waals surface area contributed by atoms with Crippen molar-refractivity contribution in [3.05, 3.63) is 41.3 Å². The van der Waals surface area contributed by atoms with Crippen LogP contribution in [-0.2, 0) is 6.42 Å². The highest BCUT2D eigenvalue weighted by atomic mass is 16.6. The third kappa shape index (κ3) is 2.78. The number of pyridine rings is 2. The summed E-state index contributed by atoms with van der Waals surface area (Å²) in [7, 11) is 3.82. The van der Waals surface area contributed by atoms with E-state index in [1.165, 1.54) is 0 Å². The summed E-state index contributed by atoms with van der Waals surface area (Å²) < 4.78 is 4.81.